The first-order chi connectivity index (χ1) is 14.1. The lowest BCUT2D eigenvalue weighted by Gasteiger charge is -2.35. The second-order valence-electron chi connectivity index (χ2n) is 7.38. The summed E-state index contributed by atoms with van der Waals surface area (Å²) >= 11 is 0. The Hall–Kier alpha value is -3.39. The Morgan fingerprint density at radius 3 is 2.86 bits per heavy atom. The van der Waals surface area contributed by atoms with Gasteiger partial charge in [-0.1, -0.05) is 0 Å². The summed E-state index contributed by atoms with van der Waals surface area (Å²) < 4.78 is 7.38. The first-order valence-electron chi connectivity index (χ1n) is 9.62. The summed E-state index contributed by atoms with van der Waals surface area (Å²) in [6.45, 7) is 3.91. The SMILES string of the molecule is Cc1cc(-c2nc(C(O)Nc3cc4cn(C)nc4cc3N3CCC3)co2)ccn1. The van der Waals surface area contributed by atoms with E-state index in [1.807, 2.05) is 38.4 Å². The van der Waals surface area contributed by atoms with E-state index in [-0.39, 0.29) is 0 Å². The van der Waals surface area contributed by atoms with Gasteiger partial charge in [-0.3, -0.25) is 9.67 Å². The fourth-order valence-corrected chi connectivity index (χ4v) is 3.56. The summed E-state index contributed by atoms with van der Waals surface area (Å²) in [6, 6.07) is 7.82. The maximum atomic E-state index is 10.8. The Morgan fingerprint density at radius 1 is 1.24 bits per heavy atom. The molecule has 1 aliphatic heterocycles. The number of hydrogen-bond donors (Lipinski definition) is 2. The molecule has 5 rings (SSSR count). The van der Waals surface area contributed by atoms with Crippen molar-refractivity contribution in [2.75, 3.05) is 23.3 Å². The van der Waals surface area contributed by atoms with Gasteiger partial charge in [0.2, 0.25) is 5.89 Å². The number of hydrogen-bond acceptors (Lipinski definition) is 7. The number of fused-ring (bicyclic) bond motifs is 1. The Kier molecular flexibility index (Phi) is 4.21. The molecule has 4 aromatic rings. The molecule has 1 saturated heterocycles. The Bertz CT molecular complexity index is 1180. The normalized spacial score (nSPS) is 14.8. The van der Waals surface area contributed by atoms with Crippen molar-refractivity contribution in [3.05, 3.63) is 54.3 Å². The molecule has 8 nitrogen and oxygen atoms in total. The zero-order valence-corrected chi connectivity index (χ0v) is 16.3. The van der Waals surface area contributed by atoms with E-state index in [4.69, 9.17) is 4.42 Å². The minimum absolute atomic E-state index is 0.426. The predicted octanol–water partition coefficient (Wildman–Crippen LogP) is 3.24. The van der Waals surface area contributed by atoms with Crippen LogP contribution in [-0.2, 0) is 7.05 Å². The largest absolute Gasteiger partial charge is 0.444 e. The zero-order chi connectivity index (χ0) is 20.0. The molecule has 0 amide bonds. The van der Waals surface area contributed by atoms with E-state index < -0.39 is 6.23 Å². The Labute approximate surface area is 167 Å². The predicted molar refractivity (Wildman–Crippen MR) is 111 cm³/mol. The third-order valence-electron chi connectivity index (χ3n) is 5.17. The van der Waals surface area contributed by atoms with Crippen molar-refractivity contribution in [2.45, 2.75) is 19.6 Å². The lowest BCUT2D eigenvalue weighted by atomic mass is 10.1. The molecule has 1 atom stereocenters. The van der Waals surface area contributed by atoms with Crippen molar-refractivity contribution in [3.63, 3.8) is 0 Å². The van der Waals surface area contributed by atoms with Crippen molar-refractivity contribution >= 4 is 22.3 Å². The van der Waals surface area contributed by atoms with Gasteiger partial charge in [0, 0.05) is 49.2 Å². The third kappa shape index (κ3) is 3.31. The highest BCUT2D eigenvalue weighted by atomic mass is 16.3. The monoisotopic (exact) mass is 390 g/mol. The number of aliphatic hydroxyl groups is 1. The summed E-state index contributed by atoms with van der Waals surface area (Å²) in [4.78, 5) is 10.9. The van der Waals surface area contributed by atoms with Gasteiger partial charge in [-0.2, -0.15) is 5.10 Å². The number of aryl methyl sites for hydroxylation is 2. The second-order valence-corrected chi connectivity index (χ2v) is 7.38. The highest BCUT2D eigenvalue weighted by molar-refractivity contribution is 5.90. The topological polar surface area (TPSA) is 92.2 Å². The van der Waals surface area contributed by atoms with E-state index in [0.717, 1.165) is 46.6 Å². The molecule has 4 heterocycles. The summed E-state index contributed by atoms with van der Waals surface area (Å²) in [5.41, 5.74) is 4.96. The van der Waals surface area contributed by atoms with Gasteiger partial charge in [-0.15, -0.1) is 0 Å². The minimum Gasteiger partial charge on any atom is -0.444 e. The smallest absolute Gasteiger partial charge is 0.226 e. The minimum atomic E-state index is -0.996. The molecule has 1 aliphatic rings. The molecule has 1 aromatic carbocycles. The van der Waals surface area contributed by atoms with Crippen molar-refractivity contribution in [1.82, 2.24) is 19.7 Å². The highest BCUT2D eigenvalue weighted by Crippen LogP contribution is 2.35. The number of nitrogens with one attached hydrogen (secondary N) is 1. The highest BCUT2D eigenvalue weighted by Gasteiger charge is 2.22. The van der Waals surface area contributed by atoms with Gasteiger partial charge in [0.05, 0.1) is 16.9 Å². The van der Waals surface area contributed by atoms with Crippen LogP contribution in [0.2, 0.25) is 0 Å². The van der Waals surface area contributed by atoms with Crippen molar-refractivity contribution in [2.24, 2.45) is 7.05 Å². The summed E-state index contributed by atoms with van der Waals surface area (Å²) in [5, 5.41) is 19.5. The van der Waals surface area contributed by atoms with E-state index >= 15 is 0 Å². The molecule has 1 unspecified atom stereocenters. The number of anilines is 2. The van der Waals surface area contributed by atoms with Crippen LogP contribution in [0.25, 0.3) is 22.4 Å². The second kappa shape index (κ2) is 6.89. The van der Waals surface area contributed by atoms with E-state index in [0.29, 0.717) is 11.6 Å². The first kappa shape index (κ1) is 17.7. The molecule has 29 heavy (non-hydrogen) atoms. The van der Waals surface area contributed by atoms with Gasteiger partial charge >= 0.3 is 0 Å². The van der Waals surface area contributed by atoms with Crippen LogP contribution in [0.4, 0.5) is 11.4 Å². The summed E-state index contributed by atoms with van der Waals surface area (Å²) in [6.07, 6.45) is 5.33. The molecule has 148 valence electrons. The molecule has 0 spiro atoms. The van der Waals surface area contributed by atoms with Crippen LogP contribution in [0.1, 0.15) is 24.0 Å². The lowest BCUT2D eigenvalue weighted by Crippen LogP contribution is -2.37. The molecular weight excluding hydrogens is 368 g/mol. The van der Waals surface area contributed by atoms with Gasteiger partial charge in [-0.05, 0) is 37.6 Å². The zero-order valence-electron chi connectivity index (χ0n) is 16.3. The lowest BCUT2D eigenvalue weighted by molar-refractivity contribution is 0.203. The molecular formula is C21H22N6O2. The van der Waals surface area contributed by atoms with Gasteiger partial charge in [0.15, 0.2) is 6.23 Å². The number of oxazole rings is 1. The molecule has 3 aromatic heterocycles. The van der Waals surface area contributed by atoms with Gasteiger partial charge < -0.3 is 19.7 Å². The van der Waals surface area contributed by atoms with Crippen LogP contribution < -0.4 is 10.2 Å². The average Bonchev–Trinajstić information content (AvgIpc) is 3.26. The van der Waals surface area contributed by atoms with Gasteiger partial charge in [0.1, 0.15) is 12.0 Å². The quantitative estimate of drug-likeness (QED) is 0.505. The van der Waals surface area contributed by atoms with E-state index in [1.165, 1.54) is 12.7 Å². The fourth-order valence-electron chi connectivity index (χ4n) is 3.56. The molecule has 2 N–H and O–H groups in total. The Balaban J connectivity index is 1.44. The van der Waals surface area contributed by atoms with Crippen LogP contribution in [0, 0.1) is 6.92 Å². The molecule has 0 radical (unpaired) electrons. The van der Waals surface area contributed by atoms with Crippen molar-refractivity contribution in [3.8, 4) is 11.5 Å². The van der Waals surface area contributed by atoms with Crippen LogP contribution in [0.5, 0.6) is 0 Å². The average molecular weight is 390 g/mol. The molecule has 1 fully saturated rings. The van der Waals surface area contributed by atoms with Crippen molar-refractivity contribution in [1.29, 1.82) is 0 Å². The van der Waals surface area contributed by atoms with Crippen LogP contribution in [0.15, 0.2) is 47.3 Å². The summed E-state index contributed by atoms with van der Waals surface area (Å²) in [7, 11) is 1.91. The van der Waals surface area contributed by atoms with E-state index in [2.05, 4.69) is 31.3 Å². The van der Waals surface area contributed by atoms with Crippen LogP contribution >= 0.6 is 0 Å². The maximum Gasteiger partial charge on any atom is 0.226 e. The first-order valence-corrected chi connectivity index (χ1v) is 9.62. The standard InChI is InChI=1S/C21H22N6O2/c1-13-8-14(4-5-22-13)21-24-18(12-29-21)20(28)23-17-9-15-11-26(2)25-16(15)10-19(17)27-6-3-7-27/h4-5,8-12,20,23,28H,3,6-7H2,1-2H3. The molecule has 0 aliphatic carbocycles. The van der Waals surface area contributed by atoms with Crippen molar-refractivity contribution < 1.29 is 9.52 Å². The number of nitrogens with zero attached hydrogens (tertiary/aromatic N) is 5. The number of pyridine rings is 1. The summed E-state index contributed by atoms with van der Waals surface area (Å²) in [5.74, 6) is 0.456. The third-order valence-corrected chi connectivity index (χ3v) is 5.17. The molecule has 0 bridgehead atoms. The fraction of sp³-hybridized carbons (Fsp3) is 0.286. The number of aliphatic hydroxyl groups excluding tert-OH is 1. The van der Waals surface area contributed by atoms with Crippen LogP contribution in [0.3, 0.4) is 0 Å². The van der Waals surface area contributed by atoms with Crippen LogP contribution in [-0.4, -0.2) is 37.9 Å². The maximum absolute atomic E-state index is 10.8. The van der Waals surface area contributed by atoms with Gasteiger partial charge in [0.25, 0.3) is 0 Å². The molecule has 8 heteroatoms. The Morgan fingerprint density at radius 2 is 2.10 bits per heavy atom. The number of rotatable bonds is 5. The van der Waals surface area contributed by atoms with E-state index in [9.17, 15) is 5.11 Å². The molecule has 0 saturated carbocycles. The number of benzene rings is 1. The number of aromatic nitrogens is 4. The van der Waals surface area contributed by atoms with Gasteiger partial charge in [-0.25, -0.2) is 4.98 Å². The van der Waals surface area contributed by atoms with E-state index in [1.54, 1.807) is 10.9 Å².